The van der Waals surface area contributed by atoms with Crippen LogP contribution in [0.4, 0.5) is 11.4 Å². The molecule has 2 fully saturated rings. The summed E-state index contributed by atoms with van der Waals surface area (Å²) in [5.74, 6) is -0.169. The lowest BCUT2D eigenvalue weighted by Crippen LogP contribution is -2.45. The van der Waals surface area contributed by atoms with E-state index in [2.05, 4.69) is 22.2 Å². The topological polar surface area (TPSA) is 55.9 Å². The van der Waals surface area contributed by atoms with Crippen molar-refractivity contribution in [3.8, 4) is 0 Å². The molecule has 0 atom stereocenters. The number of hydrogen-bond donors (Lipinski definition) is 1. The first-order valence-corrected chi connectivity index (χ1v) is 11.7. The number of nitrogens with one attached hydrogen (secondary N) is 1. The average Bonchev–Trinajstić information content (AvgIpc) is 2.80. The predicted octanol–water partition coefficient (Wildman–Crippen LogP) is 4.24. The zero-order chi connectivity index (χ0) is 22.7. The van der Waals surface area contributed by atoms with E-state index in [9.17, 15) is 9.59 Å². The molecule has 8 heteroatoms. The third-order valence-corrected chi connectivity index (χ3v) is 6.79. The van der Waals surface area contributed by atoms with Crippen molar-refractivity contribution in [1.82, 2.24) is 9.80 Å². The summed E-state index contributed by atoms with van der Waals surface area (Å²) in [6.07, 6.45) is 1.27. The number of amides is 2. The number of likely N-dealkylation sites (N-methyl/N-ethyl adjacent to an activating group) is 1. The molecule has 170 valence electrons. The fraction of sp³-hybridized carbons (Fsp3) is 0.417. The van der Waals surface area contributed by atoms with Crippen LogP contribution in [0.1, 0.15) is 23.2 Å². The number of carbonyl (C=O) groups is 2. The van der Waals surface area contributed by atoms with Crippen molar-refractivity contribution in [3.05, 3.63) is 58.1 Å². The highest BCUT2D eigenvalue weighted by Crippen LogP contribution is 2.31. The highest BCUT2D eigenvalue weighted by molar-refractivity contribution is 6.31. The quantitative estimate of drug-likeness (QED) is 0.719. The van der Waals surface area contributed by atoms with E-state index in [1.54, 1.807) is 24.3 Å². The number of piperazine rings is 1. The predicted molar refractivity (Wildman–Crippen MR) is 130 cm³/mol. The van der Waals surface area contributed by atoms with E-state index >= 15 is 0 Å². The van der Waals surface area contributed by atoms with E-state index in [0.717, 1.165) is 37.6 Å². The van der Waals surface area contributed by atoms with Gasteiger partial charge in [-0.25, -0.2) is 0 Å². The highest BCUT2D eigenvalue weighted by atomic mass is 35.5. The van der Waals surface area contributed by atoms with Crippen LogP contribution in [-0.2, 0) is 4.79 Å². The molecule has 2 amide bonds. The van der Waals surface area contributed by atoms with Crippen molar-refractivity contribution in [3.63, 3.8) is 0 Å². The third kappa shape index (κ3) is 5.37. The van der Waals surface area contributed by atoms with Crippen molar-refractivity contribution in [1.29, 1.82) is 0 Å². The van der Waals surface area contributed by atoms with Crippen LogP contribution in [0.15, 0.2) is 42.5 Å². The number of piperidine rings is 1. The maximum atomic E-state index is 13.1. The Morgan fingerprint density at radius 3 is 2.16 bits per heavy atom. The van der Waals surface area contributed by atoms with Gasteiger partial charge in [-0.05, 0) is 62.4 Å². The Labute approximate surface area is 199 Å². The smallest absolute Gasteiger partial charge is 0.253 e. The number of likely N-dealkylation sites (tertiary alicyclic amines) is 1. The summed E-state index contributed by atoms with van der Waals surface area (Å²) < 4.78 is 0. The summed E-state index contributed by atoms with van der Waals surface area (Å²) in [5.41, 5.74) is 2.38. The minimum absolute atomic E-state index is 0.0127. The first kappa shape index (κ1) is 22.9. The average molecular weight is 475 g/mol. The molecule has 2 aromatic rings. The molecule has 2 aliphatic rings. The second-order valence-corrected chi connectivity index (χ2v) is 9.39. The Bertz CT molecular complexity index is 966. The van der Waals surface area contributed by atoms with Gasteiger partial charge in [-0.3, -0.25) is 9.59 Å². The molecule has 2 saturated heterocycles. The molecule has 0 bridgehead atoms. The van der Waals surface area contributed by atoms with Gasteiger partial charge in [-0.2, -0.15) is 0 Å². The summed E-state index contributed by atoms with van der Waals surface area (Å²) in [5, 5.41) is 4.32. The molecule has 32 heavy (non-hydrogen) atoms. The lowest BCUT2D eigenvalue weighted by Gasteiger charge is -2.35. The van der Waals surface area contributed by atoms with Gasteiger partial charge < -0.3 is 20.0 Å². The van der Waals surface area contributed by atoms with Crippen LogP contribution in [-0.4, -0.2) is 67.9 Å². The number of anilines is 2. The van der Waals surface area contributed by atoms with Crippen molar-refractivity contribution in [2.45, 2.75) is 12.8 Å². The molecule has 0 aliphatic carbocycles. The largest absolute Gasteiger partial charge is 0.367 e. The fourth-order valence-electron chi connectivity index (χ4n) is 4.29. The molecule has 0 aromatic heterocycles. The lowest BCUT2D eigenvalue weighted by molar-refractivity contribution is -0.121. The summed E-state index contributed by atoms with van der Waals surface area (Å²) in [4.78, 5) is 32.2. The van der Waals surface area contributed by atoms with E-state index in [1.807, 2.05) is 23.1 Å². The van der Waals surface area contributed by atoms with Crippen LogP contribution in [0.5, 0.6) is 0 Å². The molecule has 0 saturated carbocycles. The number of carbonyl (C=O) groups excluding carboxylic acids is 2. The van der Waals surface area contributed by atoms with Gasteiger partial charge in [0.2, 0.25) is 5.91 Å². The van der Waals surface area contributed by atoms with Gasteiger partial charge in [0.05, 0.1) is 11.4 Å². The molecular formula is C24H28Cl2N4O2. The van der Waals surface area contributed by atoms with Crippen LogP contribution >= 0.6 is 23.2 Å². The molecule has 4 rings (SSSR count). The second kappa shape index (κ2) is 10.1. The fourth-order valence-corrected chi connectivity index (χ4v) is 4.58. The first-order chi connectivity index (χ1) is 15.4. The van der Waals surface area contributed by atoms with E-state index < -0.39 is 0 Å². The monoisotopic (exact) mass is 474 g/mol. The molecule has 2 heterocycles. The van der Waals surface area contributed by atoms with Gasteiger partial charge in [0.15, 0.2) is 0 Å². The molecule has 0 spiro atoms. The van der Waals surface area contributed by atoms with Gasteiger partial charge in [0.1, 0.15) is 0 Å². The summed E-state index contributed by atoms with van der Waals surface area (Å²) in [7, 11) is 2.12. The summed E-state index contributed by atoms with van der Waals surface area (Å²) in [6.45, 7) is 4.89. The molecule has 2 aliphatic heterocycles. The summed E-state index contributed by atoms with van der Waals surface area (Å²) >= 11 is 12.2. The van der Waals surface area contributed by atoms with E-state index in [-0.39, 0.29) is 17.7 Å². The van der Waals surface area contributed by atoms with Crippen LogP contribution in [0.25, 0.3) is 0 Å². The minimum atomic E-state index is -0.136. The molecule has 0 radical (unpaired) electrons. The van der Waals surface area contributed by atoms with Gasteiger partial charge >= 0.3 is 0 Å². The molecule has 6 nitrogen and oxygen atoms in total. The third-order valence-electron chi connectivity index (χ3n) is 6.30. The zero-order valence-corrected chi connectivity index (χ0v) is 19.7. The van der Waals surface area contributed by atoms with Crippen LogP contribution in [0.3, 0.4) is 0 Å². The highest BCUT2D eigenvalue weighted by Gasteiger charge is 2.29. The van der Waals surface area contributed by atoms with E-state index in [1.165, 1.54) is 0 Å². The van der Waals surface area contributed by atoms with Gasteiger partial charge in [-0.15, -0.1) is 0 Å². The first-order valence-electron chi connectivity index (χ1n) is 11.0. The van der Waals surface area contributed by atoms with Crippen molar-refractivity contribution in [2.24, 2.45) is 5.92 Å². The van der Waals surface area contributed by atoms with E-state index in [0.29, 0.717) is 41.5 Å². The maximum absolute atomic E-state index is 13.1. The second-order valence-electron chi connectivity index (χ2n) is 8.51. The molecule has 2 aromatic carbocycles. The van der Waals surface area contributed by atoms with Crippen LogP contribution < -0.4 is 10.2 Å². The van der Waals surface area contributed by atoms with Crippen molar-refractivity contribution < 1.29 is 9.59 Å². The minimum Gasteiger partial charge on any atom is -0.367 e. The van der Waals surface area contributed by atoms with Crippen molar-refractivity contribution in [2.75, 3.05) is 56.5 Å². The van der Waals surface area contributed by atoms with Crippen molar-refractivity contribution >= 4 is 46.4 Å². The molecule has 1 N–H and O–H groups in total. The Morgan fingerprint density at radius 1 is 0.875 bits per heavy atom. The van der Waals surface area contributed by atoms with Gasteiger partial charge in [0.25, 0.3) is 5.91 Å². The maximum Gasteiger partial charge on any atom is 0.253 e. The molecule has 0 unspecified atom stereocenters. The number of hydrogen-bond acceptors (Lipinski definition) is 4. The Kier molecular flexibility index (Phi) is 7.23. The van der Waals surface area contributed by atoms with Gasteiger partial charge in [-0.1, -0.05) is 23.2 Å². The SMILES string of the molecule is CN1CCN(c2ccc(Cl)cc2NC(=O)C2CCN(C(=O)c3ccc(Cl)cc3)CC2)CC1. The van der Waals surface area contributed by atoms with E-state index in [4.69, 9.17) is 23.2 Å². The lowest BCUT2D eigenvalue weighted by atomic mass is 9.95. The molecular weight excluding hydrogens is 447 g/mol. The number of benzene rings is 2. The van der Waals surface area contributed by atoms with Crippen LogP contribution in [0, 0.1) is 5.92 Å². The van der Waals surface area contributed by atoms with Crippen LogP contribution in [0.2, 0.25) is 10.0 Å². The number of nitrogens with zero attached hydrogens (tertiary/aromatic N) is 3. The standard InChI is InChI=1S/C24H28Cl2N4O2/c1-28-12-14-29(15-13-28)22-7-6-20(26)16-21(22)27-23(31)17-8-10-30(11-9-17)24(32)18-2-4-19(25)5-3-18/h2-7,16-17H,8-15H2,1H3,(H,27,31). The Hall–Kier alpha value is -2.28. The number of halogens is 2. The summed E-state index contributed by atoms with van der Waals surface area (Å²) in [6, 6.07) is 12.6. The number of rotatable bonds is 4. The zero-order valence-electron chi connectivity index (χ0n) is 18.2. The Morgan fingerprint density at radius 2 is 1.50 bits per heavy atom. The Balaban J connectivity index is 1.37. The van der Waals surface area contributed by atoms with Gasteiger partial charge in [0, 0.05) is 60.8 Å². The normalized spacial score (nSPS) is 18.0.